The standard InChI is InChI=1S/C26H30N4O3/c1-17(2)14-23(20-8-6-19(7-9-20)21-5-4-18(3)28-15-21)30-24-11-10-22(16-29-24)26(33)27-13-12-25(31)32/h4-11,15-17,23H,12-14H2,1-3H3,(H,27,33)(H,29,30)(H,31,32). The SMILES string of the molecule is Cc1ccc(-c2ccc(C(CC(C)C)Nc3ccc(C(=O)NCCC(=O)O)cn3)cc2)cn1. The number of rotatable bonds is 10. The number of carbonyl (C=O) groups excluding carboxylic acids is 1. The quantitative estimate of drug-likeness (QED) is 0.411. The average Bonchev–Trinajstić information content (AvgIpc) is 2.79. The summed E-state index contributed by atoms with van der Waals surface area (Å²) in [6, 6.07) is 16.1. The largest absolute Gasteiger partial charge is 0.481 e. The Labute approximate surface area is 194 Å². The number of benzene rings is 1. The minimum Gasteiger partial charge on any atom is -0.481 e. The van der Waals surface area contributed by atoms with E-state index in [9.17, 15) is 9.59 Å². The molecule has 1 atom stereocenters. The van der Waals surface area contributed by atoms with Gasteiger partial charge in [-0.1, -0.05) is 44.2 Å². The van der Waals surface area contributed by atoms with Crippen molar-refractivity contribution < 1.29 is 14.7 Å². The highest BCUT2D eigenvalue weighted by Crippen LogP contribution is 2.28. The van der Waals surface area contributed by atoms with Crippen molar-refractivity contribution in [3.8, 4) is 11.1 Å². The van der Waals surface area contributed by atoms with E-state index in [0.717, 1.165) is 28.8 Å². The van der Waals surface area contributed by atoms with Crippen LogP contribution < -0.4 is 10.6 Å². The van der Waals surface area contributed by atoms with E-state index in [-0.39, 0.29) is 24.9 Å². The number of carboxylic acid groups (broad SMARTS) is 1. The van der Waals surface area contributed by atoms with Gasteiger partial charge in [-0.25, -0.2) is 4.98 Å². The van der Waals surface area contributed by atoms with Crippen molar-refractivity contribution >= 4 is 17.7 Å². The third-order valence-electron chi connectivity index (χ3n) is 5.24. The molecule has 0 aliphatic heterocycles. The van der Waals surface area contributed by atoms with Crippen molar-refractivity contribution in [3.05, 3.63) is 77.7 Å². The fourth-order valence-corrected chi connectivity index (χ4v) is 3.47. The van der Waals surface area contributed by atoms with Crippen LogP contribution in [-0.4, -0.2) is 33.5 Å². The van der Waals surface area contributed by atoms with Crippen molar-refractivity contribution in [2.75, 3.05) is 11.9 Å². The number of carbonyl (C=O) groups is 2. The molecule has 3 rings (SSSR count). The molecule has 3 aromatic rings. The molecule has 33 heavy (non-hydrogen) atoms. The molecule has 2 aromatic heterocycles. The molecule has 0 radical (unpaired) electrons. The lowest BCUT2D eigenvalue weighted by molar-refractivity contribution is -0.136. The Balaban J connectivity index is 1.69. The number of amides is 1. The topological polar surface area (TPSA) is 104 Å². The highest BCUT2D eigenvalue weighted by atomic mass is 16.4. The molecule has 0 saturated heterocycles. The molecular weight excluding hydrogens is 416 g/mol. The van der Waals surface area contributed by atoms with E-state index in [1.165, 1.54) is 6.20 Å². The van der Waals surface area contributed by atoms with Crippen LogP contribution in [0.25, 0.3) is 11.1 Å². The van der Waals surface area contributed by atoms with Crippen LogP contribution in [0.15, 0.2) is 60.9 Å². The van der Waals surface area contributed by atoms with Crippen molar-refractivity contribution in [1.82, 2.24) is 15.3 Å². The van der Waals surface area contributed by atoms with E-state index in [1.807, 2.05) is 19.2 Å². The molecule has 7 nitrogen and oxygen atoms in total. The molecule has 7 heteroatoms. The number of hydrogen-bond donors (Lipinski definition) is 3. The molecule has 172 valence electrons. The van der Waals surface area contributed by atoms with Gasteiger partial charge in [0, 0.05) is 30.2 Å². The number of pyridine rings is 2. The van der Waals surface area contributed by atoms with Crippen LogP contribution in [0.1, 0.15) is 54.3 Å². The van der Waals surface area contributed by atoms with Crippen molar-refractivity contribution in [3.63, 3.8) is 0 Å². The van der Waals surface area contributed by atoms with Crippen LogP contribution in [0.4, 0.5) is 5.82 Å². The van der Waals surface area contributed by atoms with E-state index in [1.54, 1.807) is 12.1 Å². The fourth-order valence-electron chi connectivity index (χ4n) is 3.47. The number of anilines is 1. The number of aliphatic carboxylic acids is 1. The number of aryl methyl sites for hydroxylation is 1. The van der Waals surface area contributed by atoms with Gasteiger partial charge in [0.15, 0.2) is 0 Å². The summed E-state index contributed by atoms with van der Waals surface area (Å²) in [5, 5.41) is 14.7. The highest BCUT2D eigenvalue weighted by Gasteiger charge is 2.15. The Kier molecular flexibility index (Phi) is 8.13. The number of nitrogens with one attached hydrogen (secondary N) is 2. The molecule has 1 aromatic carbocycles. The first-order chi connectivity index (χ1) is 15.8. The number of aromatic nitrogens is 2. The van der Waals surface area contributed by atoms with Crippen LogP contribution in [0.5, 0.6) is 0 Å². The Bertz CT molecular complexity index is 1060. The van der Waals surface area contributed by atoms with E-state index in [2.05, 4.69) is 64.8 Å². The van der Waals surface area contributed by atoms with Crippen LogP contribution in [-0.2, 0) is 4.79 Å². The van der Waals surface area contributed by atoms with Crippen molar-refractivity contribution in [2.45, 2.75) is 39.7 Å². The lowest BCUT2D eigenvalue weighted by atomic mass is 9.95. The van der Waals surface area contributed by atoms with Gasteiger partial charge < -0.3 is 15.7 Å². The zero-order valence-electron chi connectivity index (χ0n) is 19.2. The first-order valence-corrected chi connectivity index (χ1v) is 11.1. The van der Waals surface area contributed by atoms with Crippen LogP contribution in [0.2, 0.25) is 0 Å². The van der Waals surface area contributed by atoms with E-state index >= 15 is 0 Å². The van der Waals surface area contributed by atoms with Gasteiger partial charge in [0.25, 0.3) is 5.91 Å². The van der Waals surface area contributed by atoms with Gasteiger partial charge in [0.05, 0.1) is 18.0 Å². The lowest BCUT2D eigenvalue weighted by Gasteiger charge is -2.22. The number of hydrogen-bond acceptors (Lipinski definition) is 5. The van der Waals surface area contributed by atoms with Gasteiger partial charge in [-0.2, -0.15) is 0 Å². The number of carboxylic acids is 1. The van der Waals surface area contributed by atoms with E-state index in [0.29, 0.717) is 17.3 Å². The molecule has 0 aliphatic rings. The Morgan fingerprint density at radius 1 is 0.939 bits per heavy atom. The summed E-state index contributed by atoms with van der Waals surface area (Å²) in [6.07, 6.45) is 4.19. The predicted molar refractivity (Wildman–Crippen MR) is 129 cm³/mol. The second-order valence-corrected chi connectivity index (χ2v) is 8.47. The second kappa shape index (κ2) is 11.2. The Morgan fingerprint density at radius 3 is 2.24 bits per heavy atom. The lowest BCUT2D eigenvalue weighted by Crippen LogP contribution is -2.26. The summed E-state index contributed by atoms with van der Waals surface area (Å²) < 4.78 is 0. The van der Waals surface area contributed by atoms with Crippen LogP contribution in [0, 0.1) is 12.8 Å². The smallest absolute Gasteiger partial charge is 0.305 e. The number of nitrogens with zero attached hydrogens (tertiary/aromatic N) is 2. The predicted octanol–water partition coefficient (Wildman–Crippen LogP) is 4.86. The third-order valence-corrected chi connectivity index (χ3v) is 5.24. The zero-order valence-corrected chi connectivity index (χ0v) is 19.2. The minimum atomic E-state index is -0.951. The summed E-state index contributed by atoms with van der Waals surface area (Å²) >= 11 is 0. The van der Waals surface area contributed by atoms with Crippen LogP contribution in [0.3, 0.4) is 0 Å². The first-order valence-electron chi connectivity index (χ1n) is 11.1. The summed E-state index contributed by atoms with van der Waals surface area (Å²) in [5.74, 6) is -0.139. The van der Waals surface area contributed by atoms with Gasteiger partial charge in [-0.05, 0) is 48.6 Å². The summed E-state index contributed by atoms with van der Waals surface area (Å²) in [5.41, 5.74) is 4.74. The van der Waals surface area contributed by atoms with Gasteiger partial charge in [0.2, 0.25) is 0 Å². The van der Waals surface area contributed by atoms with Crippen LogP contribution >= 0.6 is 0 Å². The maximum Gasteiger partial charge on any atom is 0.305 e. The average molecular weight is 447 g/mol. The summed E-state index contributed by atoms with van der Waals surface area (Å²) in [6.45, 7) is 6.42. The molecule has 0 aliphatic carbocycles. The molecular formula is C26H30N4O3. The fraction of sp³-hybridized carbons (Fsp3) is 0.308. The normalized spacial score (nSPS) is 11.8. The van der Waals surface area contributed by atoms with E-state index < -0.39 is 5.97 Å². The second-order valence-electron chi connectivity index (χ2n) is 8.47. The zero-order chi connectivity index (χ0) is 23.8. The van der Waals surface area contributed by atoms with Gasteiger partial charge in [-0.3, -0.25) is 14.6 Å². The molecule has 1 unspecified atom stereocenters. The summed E-state index contributed by atoms with van der Waals surface area (Å²) in [7, 11) is 0. The Morgan fingerprint density at radius 2 is 1.67 bits per heavy atom. The maximum atomic E-state index is 12.1. The highest BCUT2D eigenvalue weighted by molar-refractivity contribution is 5.94. The summed E-state index contributed by atoms with van der Waals surface area (Å²) in [4.78, 5) is 31.5. The molecule has 0 bridgehead atoms. The minimum absolute atomic E-state index is 0.0675. The monoisotopic (exact) mass is 446 g/mol. The third kappa shape index (κ3) is 7.14. The molecule has 0 fully saturated rings. The molecule has 1 amide bonds. The van der Waals surface area contributed by atoms with Crippen molar-refractivity contribution in [2.24, 2.45) is 5.92 Å². The molecule has 2 heterocycles. The van der Waals surface area contributed by atoms with Crippen molar-refractivity contribution in [1.29, 1.82) is 0 Å². The van der Waals surface area contributed by atoms with Gasteiger partial charge >= 0.3 is 5.97 Å². The molecule has 0 spiro atoms. The maximum absolute atomic E-state index is 12.1. The first kappa shape index (κ1) is 23.9. The van der Waals surface area contributed by atoms with Gasteiger partial charge in [-0.15, -0.1) is 0 Å². The Hall–Kier alpha value is -3.74. The van der Waals surface area contributed by atoms with Gasteiger partial charge in [0.1, 0.15) is 5.82 Å². The molecule has 0 saturated carbocycles. The molecule has 3 N–H and O–H groups in total. The van der Waals surface area contributed by atoms with E-state index in [4.69, 9.17) is 5.11 Å².